The smallest absolute Gasteiger partial charge is 0.185 e. The fourth-order valence-electron chi connectivity index (χ4n) is 6.89. The maximum atomic E-state index is 13.8. The number of ether oxygens (including phenoxy) is 1. The standard InChI is InChI=1S/C24H32O3/c1-17-20-15-16-23(24(20,26)27-3,22(17,2)19-11-7-8-12-19)21(25)14-13-18-9-5-4-6-10-18/h4-6,9-10,19-20,26H,1,7-8,11-16H2,2-3H3/t20-,22+,23+,24+/m0/s1. The van der Waals surface area contributed by atoms with Crippen LogP contribution < -0.4 is 0 Å². The summed E-state index contributed by atoms with van der Waals surface area (Å²) >= 11 is 0. The summed E-state index contributed by atoms with van der Waals surface area (Å²) < 4.78 is 5.76. The number of methoxy groups -OCH3 is 1. The van der Waals surface area contributed by atoms with E-state index in [1.807, 2.05) is 18.2 Å². The Hall–Kier alpha value is -1.45. The first-order valence-corrected chi connectivity index (χ1v) is 10.5. The van der Waals surface area contributed by atoms with Crippen molar-refractivity contribution in [2.75, 3.05) is 7.11 Å². The summed E-state index contributed by atoms with van der Waals surface area (Å²) in [5.41, 5.74) is 0.987. The van der Waals surface area contributed by atoms with Crippen molar-refractivity contribution in [3.8, 4) is 0 Å². The summed E-state index contributed by atoms with van der Waals surface area (Å²) in [4.78, 5) is 13.8. The second-order valence-electron chi connectivity index (χ2n) is 9.01. The summed E-state index contributed by atoms with van der Waals surface area (Å²) in [5.74, 6) is -0.965. The molecule has 4 rings (SSSR count). The number of aryl methyl sites for hydroxylation is 1. The molecule has 0 spiro atoms. The average molecular weight is 369 g/mol. The number of rotatable bonds is 6. The normalized spacial score (nSPS) is 38.6. The topological polar surface area (TPSA) is 46.5 Å². The van der Waals surface area contributed by atoms with E-state index >= 15 is 0 Å². The van der Waals surface area contributed by atoms with Gasteiger partial charge in [0.25, 0.3) is 0 Å². The first kappa shape index (κ1) is 18.9. The first-order chi connectivity index (χ1) is 12.9. The summed E-state index contributed by atoms with van der Waals surface area (Å²) in [7, 11) is 1.56. The van der Waals surface area contributed by atoms with E-state index in [0.29, 0.717) is 25.2 Å². The quantitative estimate of drug-likeness (QED) is 0.585. The maximum absolute atomic E-state index is 13.8. The molecule has 0 saturated heterocycles. The van der Waals surface area contributed by atoms with Gasteiger partial charge in [0.15, 0.2) is 5.79 Å². The van der Waals surface area contributed by atoms with E-state index in [0.717, 1.165) is 30.4 Å². The predicted molar refractivity (Wildman–Crippen MR) is 106 cm³/mol. The Balaban J connectivity index is 1.72. The molecule has 2 bridgehead atoms. The van der Waals surface area contributed by atoms with Crippen LogP contribution in [-0.2, 0) is 16.0 Å². The minimum absolute atomic E-state index is 0.131. The van der Waals surface area contributed by atoms with E-state index in [9.17, 15) is 9.90 Å². The van der Waals surface area contributed by atoms with Crippen molar-refractivity contribution in [2.24, 2.45) is 22.7 Å². The van der Waals surface area contributed by atoms with Crippen molar-refractivity contribution in [3.05, 3.63) is 48.0 Å². The first-order valence-electron chi connectivity index (χ1n) is 10.5. The molecule has 0 amide bonds. The number of hydrogen-bond acceptors (Lipinski definition) is 3. The van der Waals surface area contributed by atoms with Crippen molar-refractivity contribution < 1.29 is 14.6 Å². The summed E-state index contributed by atoms with van der Waals surface area (Å²) in [6, 6.07) is 10.1. The number of ketones is 1. The Morgan fingerprint density at radius 3 is 2.52 bits per heavy atom. The van der Waals surface area contributed by atoms with Gasteiger partial charge < -0.3 is 9.84 Å². The average Bonchev–Trinajstić information content (AvgIpc) is 3.36. The van der Waals surface area contributed by atoms with E-state index in [1.165, 1.54) is 12.8 Å². The number of benzene rings is 1. The zero-order valence-electron chi connectivity index (χ0n) is 16.7. The lowest BCUT2D eigenvalue weighted by molar-refractivity contribution is -0.257. The van der Waals surface area contributed by atoms with E-state index in [1.54, 1.807) is 7.11 Å². The molecule has 1 N–H and O–H groups in total. The minimum Gasteiger partial charge on any atom is -0.364 e. The van der Waals surface area contributed by atoms with Gasteiger partial charge in [0, 0.05) is 24.9 Å². The van der Waals surface area contributed by atoms with Gasteiger partial charge in [0.05, 0.1) is 5.41 Å². The van der Waals surface area contributed by atoms with Crippen LogP contribution in [0, 0.1) is 22.7 Å². The van der Waals surface area contributed by atoms with E-state index < -0.39 is 11.2 Å². The number of fused-ring (bicyclic) bond motifs is 2. The van der Waals surface area contributed by atoms with Crippen LogP contribution in [0.3, 0.4) is 0 Å². The summed E-state index contributed by atoms with van der Waals surface area (Å²) in [6.45, 7) is 6.63. The van der Waals surface area contributed by atoms with Crippen LogP contribution in [0.25, 0.3) is 0 Å². The molecule has 3 saturated carbocycles. The second kappa shape index (κ2) is 6.56. The van der Waals surface area contributed by atoms with Crippen molar-refractivity contribution in [2.45, 2.75) is 64.1 Å². The number of hydrogen-bond donors (Lipinski definition) is 1. The molecule has 3 aliphatic carbocycles. The Morgan fingerprint density at radius 2 is 1.89 bits per heavy atom. The SMILES string of the molecule is C=C1[C@@H]2CC[C@@](C(=O)CCc3ccccc3)([C@@]1(C)C1CCCC1)[C@]2(O)OC. The number of carbonyl (C=O) groups excluding carboxylic acids is 1. The van der Waals surface area contributed by atoms with Crippen molar-refractivity contribution in [3.63, 3.8) is 0 Å². The van der Waals surface area contributed by atoms with Crippen LogP contribution in [0.5, 0.6) is 0 Å². The Labute approximate surface area is 162 Å². The largest absolute Gasteiger partial charge is 0.364 e. The molecule has 1 aromatic carbocycles. The van der Waals surface area contributed by atoms with Crippen LogP contribution in [0.2, 0.25) is 0 Å². The van der Waals surface area contributed by atoms with Crippen LogP contribution in [0.15, 0.2) is 42.5 Å². The van der Waals surface area contributed by atoms with Gasteiger partial charge in [-0.05, 0) is 43.6 Å². The number of carbonyl (C=O) groups is 1. The third-order valence-corrected chi connectivity index (χ3v) is 8.31. The lowest BCUT2D eigenvalue weighted by Crippen LogP contribution is -2.57. The lowest BCUT2D eigenvalue weighted by Gasteiger charge is -2.50. The van der Waals surface area contributed by atoms with E-state index in [-0.39, 0.29) is 17.1 Å². The summed E-state index contributed by atoms with van der Waals surface area (Å²) in [6.07, 6.45) is 7.31. The monoisotopic (exact) mass is 368 g/mol. The van der Waals surface area contributed by atoms with E-state index in [2.05, 4.69) is 25.6 Å². The van der Waals surface area contributed by atoms with Crippen LogP contribution in [-0.4, -0.2) is 23.8 Å². The molecule has 146 valence electrons. The molecule has 0 aromatic heterocycles. The van der Waals surface area contributed by atoms with Gasteiger partial charge in [-0.15, -0.1) is 0 Å². The lowest BCUT2D eigenvalue weighted by atomic mass is 9.53. The molecule has 27 heavy (non-hydrogen) atoms. The highest BCUT2D eigenvalue weighted by atomic mass is 16.6. The third kappa shape index (κ3) is 2.31. The molecule has 1 aromatic rings. The van der Waals surface area contributed by atoms with Gasteiger partial charge >= 0.3 is 0 Å². The van der Waals surface area contributed by atoms with Crippen molar-refractivity contribution in [1.29, 1.82) is 0 Å². The van der Waals surface area contributed by atoms with Crippen molar-refractivity contribution in [1.82, 2.24) is 0 Å². The van der Waals surface area contributed by atoms with Gasteiger partial charge in [-0.2, -0.15) is 0 Å². The molecule has 3 aliphatic rings. The van der Waals surface area contributed by atoms with E-state index in [4.69, 9.17) is 4.74 Å². The van der Waals surface area contributed by atoms with Gasteiger partial charge in [-0.1, -0.05) is 62.2 Å². The molecule has 3 heteroatoms. The van der Waals surface area contributed by atoms with Crippen LogP contribution in [0.1, 0.15) is 57.4 Å². The number of aliphatic hydroxyl groups is 1. The molecule has 4 atom stereocenters. The Kier molecular flexibility index (Phi) is 4.59. The minimum atomic E-state index is -1.41. The van der Waals surface area contributed by atoms with Gasteiger partial charge in [0.2, 0.25) is 0 Å². The molecule has 0 unspecified atom stereocenters. The van der Waals surface area contributed by atoms with Crippen LogP contribution in [0.4, 0.5) is 0 Å². The predicted octanol–water partition coefficient (Wildman–Crippen LogP) is 4.69. The molecular weight excluding hydrogens is 336 g/mol. The maximum Gasteiger partial charge on any atom is 0.185 e. The fraction of sp³-hybridized carbons (Fsp3) is 0.625. The van der Waals surface area contributed by atoms with Gasteiger partial charge in [-0.3, -0.25) is 4.79 Å². The van der Waals surface area contributed by atoms with Gasteiger partial charge in [-0.25, -0.2) is 0 Å². The molecule has 0 aliphatic heterocycles. The highest BCUT2D eigenvalue weighted by molar-refractivity contribution is 5.89. The third-order valence-electron chi connectivity index (χ3n) is 8.31. The zero-order chi connectivity index (χ0) is 19.3. The second-order valence-corrected chi connectivity index (χ2v) is 9.01. The molecule has 3 nitrogen and oxygen atoms in total. The number of Topliss-reactive ketones (excluding diaryl/α,β-unsaturated/α-hetero) is 1. The highest BCUT2D eigenvalue weighted by Crippen LogP contribution is 2.75. The molecule has 0 heterocycles. The van der Waals surface area contributed by atoms with Gasteiger partial charge in [0.1, 0.15) is 5.78 Å². The zero-order valence-corrected chi connectivity index (χ0v) is 16.7. The molecular formula is C24H32O3. The van der Waals surface area contributed by atoms with Crippen molar-refractivity contribution >= 4 is 5.78 Å². The van der Waals surface area contributed by atoms with Crippen LogP contribution >= 0.6 is 0 Å². The Morgan fingerprint density at radius 1 is 1.22 bits per heavy atom. The highest BCUT2D eigenvalue weighted by Gasteiger charge is 2.79. The fourth-order valence-corrected chi connectivity index (χ4v) is 6.89. The Bertz CT molecular complexity index is 735. The molecule has 0 radical (unpaired) electrons. The molecule has 3 fully saturated rings. The summed E-state index contributed by atoms with van der Waals surface area (Å²) in [5, 5.41) is 11.7.